The van der Waals surface area contributed by atoms with Crippen molar-refractivity contribution in [2.75, 3.05) is 32.1 Å². The highest BCUT2D eigenvalue weighted by Crippen LogP contribution is 2.10. The van der Waals surface area contributed by atoms with Crippen molar-refractivity contribution in [2.45, 2.75) is 6.42 Å². The Balaban J connectivity index is 1.87. The van der Waals surface area contributed by atoms with Gasteiger partial charge in [0.25, 0.3) is 5.91 Å². The van der Waals surface area contributed by atoms with Crippen molar-refractivity contribution in [1.82, 2.24) is 10.3 Å². The van der Waals surface area contributed by atoms with Crippen molar-refractivity contribution in [1.29, 1.82) is 0 Å². The molecule has 1 heterocycles. The average Bonchev–Trinajstić information content (AvgIpc) is 2.57. The Hall–Kier alpha value is -2.47. The standard InChI is InChI=1S/C17H20FN3O2/c1-23-11-10-21-17(22)16-12-14(7-9-20-16)19-8-6-13-4-2-3-5-15(13)18/h2-5,7,9,12H,6,8,10-11H2,1H3,(H,19,20)(H,21,22). The normalized spacial score (nSPS) is 10.3. The van der Waals surface area contributed by atoms with Crippen LogP contribution in [0.4, 0.5) is 10.1 Å². The second-order valence-electron chi connectivity index (χ2n) is 4.95. The molecule has 6 heteroatoms. The lowest BCUT2D eigenvalue weighted by Gasteiger charge is -2.09. The predicted octanol–water partition coefficient (Wildman–Crippen LogP) is 2.25. The zero-order chi connectivity index (χ0) is 16.5. The molecule has 0 unspecified atom stereocenters. The van der Waals surface area contributed by atoms with Gasteiger partial charge in [-0.15, -0.1) is 0 Å². The molecular formula is C17H20FN3O2. The number of hydrogen-bond donors (Lipinski definition) is 2. The molecule has 23 heavy (non-hydrogen) atoms. The first-order chi connectivity index (χ1) is 11.2. The summed E-state index contributed by atoms with van der Waals surface area (Å²) >= 11 is 0. The zero-order valence-electron chi connectivity index (χ0n) is 13.0. The lowest BCUT2D eigenvalue weighted by Crippen LogP contribution is -2.27. The van der Waals surface area contributed by atoms with Gasteiger partial charge in [0.1, 0.15) is 11.5 Å². The topological polar surface area (TPSA) is 63.2 Å². The highest BCUT2D eigenvalue weighted by Gasteiger charge is 2.07. The van der Waals surface area contributed by atoms with Gasteiger partial charge >= 0.3 is 0 Å². The van der Waals surface area contributed by atoms with E-state index in [1.807, 2.05) is 6.07 Å². The second-order valence-corrected chi connectivity index (χ2v) is 4.95. The summed E-state index contributed by atoms with van der Waals surface area (Å²) in [6.45, 7) is 1.45. The highest BCUT2D eigenvalue weighted by molar-refractivity contribution is 5.93. The van der Waals surface area contributed by atoms with Gasteiger partial charge in [0.15, 0.2) is 0 Å². The monoisotopic (exact) mass is 317 g/mol. The van der Waals surface area contributed by atoms with E-state index in [1.165, 1.54) is 6.07 Å². The first kappa shape index (κ1) is 16.9. The summed E-state index contributed by atoms with van der Waals surface area (Å²) in [4.78, 5) is 16.0. The van der Waals surface area contributed by atoms with Gasteiger partial charge in [-0.25, -0.2) is 4.39 Å². The number of ether oxygens (including phenoxy) is 1. The number of carbonyl (C=O) groups is 1. The van der Waals surface area contributed by atoms with E-state index in [9.17, 15) is 9.18 Å². The van der Waals surface area contributed by atoms with Crippen LogP contribution in [0.5, 0.6) is 0 Å². The predicted molar refractivity (Wildman–Crippen MR) is 87.0 cm³/mol. The van der Waals surface area contributed by atoms with Crippen molar-refractivity contribution in [3.05, 3.63) is 59.7 Å². The second kappa shape index (κ2) is 8.85. The summed E-state index contributed by atoms with van der Waals surface area (Å²) in [5.74, 6) is -0.456. The fourth-order valence-corrected chi connectivity index (χ4v) is 2.06. The summed E-state index contributed by atoms with van der Waals surface area (Å²) in [6, 6.07) is 10.1. The molecule has 0 aliphatic heterocycles. The first-order valence-electron chi connectivity index (χ1n) is 7.41. The maximum atomic E-state index is 13.5. The van der Waals surface area contributed by atoms with Gasteiger partial charge in [-0.05, 0) is 30.2 Å². The van der Waals surface area contributed by atoms with Crippen LogP contribution in [0.3, 0.4) is 0 Å². The van der Waals surface area contributed by atoms with Crippen molar-refractivity contribution < 1.29 is 13.9 Å². The van der Waals surface area contributed by atoms with Crippen LogP contribution >= 0.6 is 0 Å². The molecule has 5 nitrogen and oxygen atoms in total. The van der Waals surface area contributed by atoms with E-state index in [0.717, 1.165) is 5.69 Å². The Morgan fingerprint density at radius 3 is 2.87 bits per heavy atom. The third-order valence-corrected chi connectivity index (χ3v) is 3.27. The van der Waals surface area contributed by atoms with Crippen molar-refractivity contribution in [3.8, 4) is 0 Å². The number of nitrogens with zero attached hydrogens (tertiary/aromatic N) is 1. The molecule has 0 aliphatic rings. The van der Waals surface area contributed by atoms with Crippen LogP contribution in [-0.4, -0.2) is 37.7 Å². The number of carbonyl (C=O) groups excluding carboxylic acids is 1. The summed E-state index contributed by atoms with van der Waals surface area (Å²) in [7, 11) is 1.57. The summed E-state index contributed by atoms with van der Waals surface area (Å²) in [5.41, 5.74) is 1.76. The zero-order valence-corrected chi connectivity index (χ0v) is 13.0. The van der Waals surface area contributed by atoms with Crippen LogP contribution in [-0.2, 0) is 11.2 Å². The largest absolute Gasteiger partial charge is 0.385 e. The molecule has 1 aromatic heterocycles. The number of halogens is 1. The molecule has 2 N–H and O–H groups in total. The summed E-state index contributed by atoms with van der Waals surface area (Å²) in [6.07, 6.45) is 2.13. The van der Waals surface area contributed by atoms with E-state index in [2.05, 4.69) is 15.6 Å². The van der Waals surface area contributed by atoms with Gasteiger partial charge in [-0.1, -0.05) is 18.2 Å². The maximum Gasteiger partial charge on any atom is 0.270 e. The highest BCUT2D eigenvalue weighted by atomic mass is 19.1. The Morgan fingerprint density at radius 2 is 2.09 bits per heavy atom. The molecule has 0 saturated heterocycles. The van der Waals surface area contributed by atoms with Gasteiger partial charge in [-0.2, -0.15) is 0 Å². The van der Waals surface area contributed by atoms with E-state index >= 15 is 0 Å². The van der Waals surface area contributed by atoms with E-state index in [-0.39, 0.29) is 11.7 Å². The van der Waals surface area contributed by atoms with Crippen LogP contribution in [0.1, 0.15) is 16.1 Å². The molecule has 0 aliphatic carbocycles. The molecule has 2 rings (SSSR count). The van der Waals surface area contributed by atoms with Gasteiger partial charge in [-0.3, -0.25) is 9.78 Å². The van der Waals surface area contributed by atoms with Gasteiger partial charge in [0.05, 0.1) is 6.61 Å². The Labute approximate surface area is 134 Å². The van der Waals surface area contributed by atoms with E-state index < -0.39 is 0 Å². The van der Waals surface area contributed by atoms with Crippen LogP contribution < -0.4 is 10.6 Å². The average molecular weight is 317 g/mol. The number of benzene rings is 1. The van der Waals surface area contributed by atoms with Gasteiger partial charge in [0.2, 0.25) is 0 Å². The summed E-state index contributed by atoms with van der Waals surface area (Å²) < 4.78 is 18.4. The quantitative estimate of drug-likeness (QED) is 0.733. The molecule has 0 spiro atoms. The minimum Gasteiger partial charge on any atom is -0.385 e. The lowest BCUT2D eigenvalue weighted by molar-refractivity contribution is 0.0932. The molecule has 1 aromatic carbocycles. The fraction of sp³-hybridized carbons (Fsp3) is 0.294. The molecule has 1 amide bonds. The maximum absolute atomic E-state index is 13.5. The Morgan fingerprint density at radius 1 is 1.26 bits per heavy atom. The van der Waals surface area contributed by atoms with E-state index in [0.29, 0.717) is 37.4 Å². The van der Waals surface area contributed by atoms with Crippen LogP contribution in [0.2, 0.25) is 0 Å². The molecular weight excluding hydrogens is 297 g/mol. The number of amides is 1. The van der Waals surface area contributed by atoms with E-state index in [4.69, 9.17) is 4.74 Å². The number of anilines is 1. The first-order valence-corrected chi connectivity index (χ1v) is 7.41. The number of pyridine rings is 1. The van der Waals surface area contributed by atoms with Crippen LogP contribution in [0, 0.1) is 5.82 Å². The van der Waals surface area contributed by atoms with Crippen molar-refractivity contribution in [2.24, 2.45) is 0 Å². The molecule has 0 fully saturated rings. The smallest absolute Gasteiger partial charge is 0.270 e. The number of methoxy groups -OCH3 is 1. The molecule has 0 atom stereocenters. The minimum absolute atomic E-state index is 0.206. The fourth-order valence-electron chi connectivity index (χ4n) is 2.06. The third kappa shape index (κ3) is 5.34. The molecule has 2 aromatic rings. The number of nitrogens with one attached hydrogen (secondary N) is 2. The van der Waals surface area contributed by atoms with Gasteiger partial charge in [0, 0.05) is 32.1 Å². The molecule has 0 radical (unpaired) electrons. The number of aromatic nitrogens is 1. The molecule has 0 saturated carbocycles. The van der Waals surface area contributed by atoms with Crippen molar-refractivity contribution >= 4 is 11.6 Å². The van der Waals surface area contributed by atoms with E-state index in [1.54, 1.807) is 37.6 Å². The third-order valence-electron chi connectivity index (χ3n) is 3.27. The lowest BCUT2D eigenvalue weighted by atomic mass is 10.1. The van der Waals surface area contributed by atoms with Crippen LogP contribution in [0.25, 0.3) is 0 Å². The Kier molecular flexibility index (Phi) is 6.50. The number of hydrogen-bond acceptors (Lipinski definition) is 4. The SMILES string of the molecule is COCCNC(=O)c1cc(NCCc2ccccc2F)ccn1. The number of rotatable bonds is 8. The molecule has 122 valence electrons. The van der Waals surface area contributed by atoms with Crippen LogP contribution in [0.15, 0.2) is 42.6 Å². The van der Waals surface area contributed by atoms with Gasteiger partial charge < -0.3 is 15.4 Å². The Bertz CT molecular complexity index is 649. The minimum atomic E-state index is -0.250. The summed E-state index contributed by atoms with van der Waals surface area (Å²) in [5, 5.41) is 5.88. The molecule has 0 bridgehead atoms. The van der Waals surface area contributed by atoms with Crippen molar-refractivity contribution in [3.63, 3.8) is 0 Å².